The second-order valence-corrected chi connectivity index (χ2v) is 8.00. The zero-order valence-corrected chi connectivity index (χ0v) is 15.7. The van der Waals surface area contributed by atoms with Gasteiger partial charge in [-0.2, -0.15) is 0 Å². The summed E-state index contributed by atoms with van der Waals surface area (Å²) in [7, 11) is -3.70. The van der Waals surface area contributed by atoms with Gasteiger partial charge in [-0.3, -0.25) is 0 Å². The number of hydrogen-bond donors (Lipinski definition) is 0. The third kappa shape index (κ3) is 5.28. The van der Waals surface area contributed by atoms with Gasteiger partial charge < -0.3 is 4.84 Å². The molecule has 0 heterocycles. The number of oxime groups is 1. The Labute approximate surface area is 160 Å². The lowest BCUT2D eigenvalue weighted by Gasteiger charge is -2.09. The van der Waals surface area contributed by atoms with Crippen LogP contribution >= 0.6 is 0 Å². The Kier molecular flexibility index (Phi) is 6.39. The summed E-state index contributed by atoms with van der Waals surface area (Å²) >= 11 is 0. The normalized spacial score (nSPS) is 11.9. The van der Waals surface area contributed by atoms with Crippen LogP contribution in [0.3, 0.4) is 0 Å². The van der Waals surface area contributed by atoms with Crippen molar-refractivity contribution in [1.29, 1.82) is 0 Å². The first-order valence-electron chi connectivity index (χ1n) is 8.73. The van der Waals surface area contributed by atoms with Crippen molar-refractivity contribution < 1.29 is 13.3 Å². The summed E-state index contributed by atoms with van der Waals surface area (Å²) in [6, 6.07) is 27.6. The predicted octanol–water partition coefficient (Wildman–Crippen LogP) is 4.62. The molecule has 0 atom stereocenters. The van der Waals surface area contributed by atoms with Gasteiger partial charge in [0.25, 0.3) is 0 Å². The van der Waals surface area contributed by atoms with Gasteiger partial charge in [0, 0.05) is 6.42 Å². The molecular weight excluding hydrogens is 358 g/mol. The predicted molar refractivity (Wildman–Crippen MR) is 107 cm³/mol. The molecule has 0 radical (unpaired) electrons. The molecule has 4 nitrogen and oxygen atoms in total. The first-order valence-corrected chi connectivity index (χ1v) is 10.2. The molecule has 0 amide bonds. The van der Waals surface area contributed by atoms with E-state index in [0.717, 1.165) is 11.1 Å². The van der Waals surface area contributed by atoms with E-state index in [9.17, 15) is 8.42 Å². The van der Waals surface area contributed by atoms with E-state index in [1.165, 1.54) is 0 Å². The van der Waals surface area contributed by atoms with Crippen molar-refractivity contribution in [3.63, 3.8) is 0 Å². The number of aryl methyl sites for hydroxylation is 1. The molecule has 138 valence electrons. The molecule has 3 rings (SSSR count). The van der Waals surface area contributed by atoms with E-state index >= 15 is 0 Å². The molecule has 0 aliphatic rings. The molecule has 0 spiro atoms. The lowest BCUT2D eigenvalue weighted by Crippen LogP contribution is -2.17. The van der Waals surface area contributed by atoms with Crippen LogP contribution in [-0.2, 0) is 27.7 Å². The molecule has 0 aliphatic carbocycles. The van der Waals surface area contributed by atoms with Gasteiger partial charge in [-0.05, 0) is 29.7 Å². The molecule has 0 fully saturated rings. The quantitative estimate of drug-likeness (QED) is 0.342. The van der Waals surface area contributed by atoms with Gasteiger partial charge in [-0.25, -0.2) is 8.42 Å². The maximum Gasteiger partial charge on any atom is 0.223 e. The molecule has 0 aromatic heterocycles. The van der Waals surface area contributed by atoms with Gasteiger partial charge in [0.1, 0.15) is 6.61 Å². The van der Waals surface area contributed by atoms with Crippen molar-refractivity contribution in [1.82, 2.24) is 0 Å². The molecule has 0 aliphatic heterocycles. The average Bonchev–Trinajstić information content (AvgIpc) is 2.72. The minimum Gasteiger partial charge on any atom is -0.390 e. The minimum absolute atomic E-state index is 0.0356. The molecule has 3 aromatic rings. The molecule has 0 saturated heterocycles. The number of hydrogen-bond acceptors (Lipinski definition) is 4. The summed E-state index contributed by atoms with van der Waals surface area (Å²) in [5, 5.41) is 4.05. The van der Waals surface area contributed by atoms with E-state index < -0.39 is 9.84 Å². The first-order chi connectivity index (χ1) is 13.2. The summed E-state index contributed by atoms with van der Waals surface area (Å²) in [6.45, 7) is 0.222. The van der Waals surface area contributed by atoms with E-state index in [1.54, 1.807) is 30.3 Å². The van der Waals surface area contributed by atoms with E-state index in [1.807, 2.05) is 60.7 Å². The summed E-state index contributed by atoms with van der Waals surface area (Å²) in [4.78, 5) is 5.61. The van der Waals surface area contributed by atoms with Crippen molar-refractivity contribution in [2.24, 2.45) is 5.16 Å². The van der Waals surface area contributed by atoms with Crippen LogP contribution in [-0.4, -0.2) is 13.5 Å². The molecule has 0 N–H and O–H groups in total. The fourth-order valence-corrected chi connectivity index (χ4v) is 3.92. The van der Waals surface area contributed by atoms with E-state index in [4.69, 9.17) is 4.84 Å². The van der Waals surface area contributed by atoms with Gasteiger partial charge in [0.05, 0.1) is 4.90 Å². The number of benzene rings is 3. The Balaban J connectivity index is 1.80. The van der Waals surface area contributed by atoms with Crippen molar-refractivity contribution in [3.05, 3.63) is 102 Å². The van der Waals surface area contributed by atoms with Crippen LogP contribution < -0.4 is 0 Å². The van der Waals surface area contributed by atoms with Gasteiger partial charge in [0.2, 0.25) is 9.84 Å². The molecule has 3 aromatic carbocycles. The lowest BCUT2D eigenvalue weighted by atomic mass is 10.1. The van der Waals surface area contributed by atoms with Gasteiger partial charge in [0.15, 0.2) is 5.04 Å². The Bertz CT molecular complexity index is 970. The third-order valence-corrected chi connectivity index (χ3v) is 5.87. The van der Waals surface area contributed by atoms with E-state index in [-0.39, 0.29) is 23.0 Å². The Hall–Kier alpha value is -2.92. The highest BCUT2D eigenvalue weighted by molar-refractivity contribution is 8.06. The maximum atomic E-state index is 13.0. The summed E-state index contributed by atoms with van der Waals surface area (Å²) in [6.07, 6.45) is 0.844. The van der Waals surface area contributed by atoms with Crippen LogP contribution in [0.15, 0.2) is 101 Å². The SMILES string of the molecule is O=S(=O)(/C(CCc1ccccc1)=N\OCc1ccccc1)c1ccccc1. The van der Waals surface area contributed by atoms with E-state index in [0.29, 0.717) is 6.42 Å². The fraction of sp³-hybridized carbons (Fsp3) is 0.136. The first kappa shape index (κ1) is 18.9. The topological polar surface area (TPSA) is 55.7 Å². The summed E-state index contributed by atoms with van der Waals surface area (Å²) in [5.74, 6) is 0. The van der Waals surface area contributed by atoms with Crippen molar-refractivity contribution in [3.8, 4) is 0 Å². The van der Waals surface area contributed by atoms with Crippen LogP contribution in [0.1, 0.15) is 17.5 Å². The number of sulfone groups is 1. The Morgan fingerprint density at radius 1 is 0.741 bits per heavy atom. The third-order valence-electron chi connectivity index (χ3n) is 4.07. The molecule has 27 heavy (non-hydrogen) atoms. The molecular formula is C22H21NO3S. The highest BCUT2D eigenvalue weighted by Gasteiger charge is 2.23. The molecule has 0 saturated carbocycles. The second-order valence-electron chi connectivity index (χ2n) is 6.05. The lowest BCUT2D eigenvalue weighted by molar-refractivity contribution is 0.130. The summed E-state index contributed by atoms with van der Waals surface area (Å²) < 4.78 is 26.0. The van der Waals surface area contributed by atoms with Crippen molar-refractivity contribution in [2.75, 3.05) is 0 Å². The number of rotatable bonds is 7. The zero-order chi connectivity index (χ0) is 19.0. The number of nitrogens with zero attached hydrogens (tertiary/aromatic N) is 1. The van der Waals surface area contributed by atoms with Gasteiger partial charge in [-0.15, -0.1) is 0 Å². The van der Waals surface area contributed by atoms with Crippen LogP contribution in [0.2, 0.25) is 0 Å². The molecule has 0 bridgehead atoms. The van der Waals surface area contributed by atoms with Gasteiger partial charge in [-0.1, -0.05) is 84.0 Å². The van der Waals surface area contributed by atoms with Crippen molar-refractivity contribution in [2.45, 2.75) is 24.3 Å². The highest BCUT2D eigenvalue weighted by atomic mass is 32.2. The Morgan fingerprint density at radius 2 is 1.26 bits per heavy atom. The molecule has 5 heteroatoms. The molecule has 0 unspecified atom stereocenters. The Morgan fingerprint density at radius 3 is 1.85 bits per heavy atom. The highest BCUT2D eigenvalue weighted by Crippen LogP contribution is 2.17. The summed E-state index contributed by atoms with van der Waals surface area (Å²) in [5.41, 5.74) is 1.98. The average molecular weight is 379 g/mol. The zero-order valence-electron chi connectivity index (χ0n) is 14.9. The monoisotopic (exact) mass is 379 g/mol. The van der Waals surface area contributed by atoms with Crippen LogP contribution in [0.5, 0.6) is 0 Å². The minimum atomic E-state index is -3.70. The fourth-order valence-electron chi connectivity index (χ4n) is 2.61. The van der Waals surface area contributed by atoms with Gasteiger partial charge >= 0.3 is 0 Å². The largest absolute Gasteiger partial charge is 0.390 e. The van der Waals surface area contributed by atoms with Crippen LogP contribution in [0, 0.1) is 0 Å². The maximum absolute atomic E-state index is 13.0. The smallest absolute Gasteiger partial charge is 0.223 e. The standard InChI is InChI=1S/C22H21NO3S/c24-27(25,21-14-8-3-9-15-21)22(17-16-19-10-4-1-5-11-19)23-26-18-20-12-6-2-7-13-20/h1-15H,16-18H2/b23-22-. The van der Waals surface area contributed by atoms with Crippen LogP contribution in [0.25, 0.3) is 0 Å². The van der Waals surface area contributed by atoms with Crippen molar-refractivity contribution >= 4 is 14.9 Å². The van der Waals surface area contributed by atoms with Crippen LogP contribution in [0.4, 0.5) is 0 Å². The second kappa shape index (κ2) is 9.14. The van der Waals surface area contributed by atoms with E-state index in [2.05, 4.69) is 5.16 Å².